The van der Waals surface area contributed by atoms with Crippen molar-refractivity contribution in [3.8, 4) is 0 Å². The summed E-state index contributed by atoms with van der Waals surface area (Å²) >= 11 is 0. The number of amides is 1. The van der Waals surface area contributed by atoms with Gasteiger partial charge in [-0.3, -0.25) is 14.9 Å². The average molecular weight is 380 g/mol. The van der Waals surface area contributed by atoms with Crippen molar-refractivity contribution in [3.63, 3.8) is 0 Å². The minimum atomic E-state index is -0.450. The fourth-order valence-corrected chi connectivity index (χ4v) is 3.14. The van der Waals surface area contributed by atoms with Crippen LogP contribution < -0.4 is 10.6 Å². The number of likely N-dealkylation sites (tertiary alicyclic amines) is 1. The number of rotatable bonds is 6. The standard InChI is InChI=1S/C21H24N4O3/c1-24-14-12-17(13-15-24)22-19-4-2-3-5-20(19)23-21(26)11-8-16-6-9-18(10-7-16)25(27)28/h2-11,17,22H,12-15H2,1H3,(H,23,26). The van der Waals surface area contributed by atoms with Crippen molar-refractivity contribution in [1.82, 2.24) is 4.90 Å². The number of benzene rings is 2. The van der Waals surface area contributed by atoms with Gasteiger partial charge in [-0.15, -0.1) is 0 Å². The van der Waals surface area contributed by atoms with Crippen molar-refractivity contribution >= 4 is 29.0 Å². The molecule has 0 saturated carbocycles. The van der Waals surface area contributed by atoms with Crippen LogP contribution in [0.25, 0.3) is 6.08 Å². The van der Waals surface area contributed by atoms with E-state index in [9.17, 15) is 14.9 Å². The van der Waals surface area contributed by atoms with Crippen molar-refractivity contribution < 1.29 is 9.72 Å². The number of nitrogens with zero attached hydrogens (tertiary/aromatic N) is 2. The molecule has 1 amide bonds. The van der Waals surface area contributed by atoms with Crippen LogP contribution in [0, 0.1) is 10.1 Å². The van der Waals surface area contributed by atoms with E-state index in [0.29, 0.717) is 6.04 Å². The van der Waals surface area contributed by atoms with E-state index in [2.05, 4.69) is 22.6 Å². The average Bonchev–Trinajstić information content (AvgIpc) is 2.70. The van der Waals surface area contributed by atoms with E-state index in [1.807, 2.05) is 24.3 Å². The van der Waals surface area contributed by atoms with Gasteiger partial charge in [0.1, 0.15) is 0 Å². The number of nitrogens with one attached hydrogen (secondary N) is 2. The van der Waals surface area contributed by atoms with E-state index in [4.69, 9.17) is 0 Å². The molecule has 7 heteroatoms. The Hall–Kier alpha value is -3.19. The molecule has 7 nitrogen and oxygen atoms in total. The summed E-state index contributed by atoms with van der Waals surface area (Å²) in [4.78, 5) is 24.9. The summed E-state index contributed by atoms with van der Waals surface area (Å²) in [6, 6.07) is 14.1. The van der Waals surface area contributed by atoms with Crippen LogP contribution in [0.2, 0.25) is 0 Å². The van der Waals surface area contributed by atoms with Crippen LogP contribution in [0.1, 0.15) is 18.4 Å². The molecule has 1 saturated heterocycles. The highest BCUT2D eigenvalue weighted by Crippen LogP contribution is 2.24. The number of anilines is 2. The van der Waals surface area contributed by atoms with Gasteiger partial charge in [-0.25, -0.2) is 0 Å². The molecule has 146 valence electrons. The predicted molar refractivity (Wildman–Crippen MR) is 111 cm³/mol. The first kappa shape index (κ1) is 19.6. The molecular weight excluding hydrogens is 356 g/mol. The highest BCUT2D eigenvalue weighted by Gasteiger charge is 2.17. The molecule has 0 atom stereocenters. The molecule has 1 fully saturated rings. The molecule has 2 aromatic rings. The molecule has 0 radical (unpaired) electrons. The number of nitro benzene ring substituents is 1. The van der Waals surface area contributed by atoms with E-state index in [1.54, 1.807) is 18.2 Å². The summed E-state index contributed by atoms with van der Waals surface area (Å²) in [7, 11) is 2.13. The molecular formula is C21H24N4O3. The molecule has 1 aliphatic heterocycles. The Balaban J connectivity index is 1.61. The van der Waals surface area contributed by atoms with Crippen molar-refractivity contribution in [2.75, 3.05) is 30.8 Å². The summed E-state index contributed by atoms with van der Waals surface area (Å²) in [6.07, 6.45) is 5.19. The van der Waals surface area contributed by atoms with Crippen LogP contribution in [0.5, 0.6) is 0 Å². The number of nitro groups is 1. The van der Waals surface area contributed by atoms with E-state index >= 15 is 0 Å². The molecule has 3 rings (SSSR count). The summed E-state index contributed by atoms with van der Waals surface area (Å²) in [5.74, 6) is -0.254. The van der Waals surface area contributed by atoms with Gasteiger partial charge in [0.25, 0.3) is 5.69 Å². The number of carbonyl (C=O) groups excluding carboxylic acids is 1. The third-order valence-electron chi connectivity index (χ3n) is 4.79. The van der Waals surface area contributed by atoms with E-state index in [1.165, 1.54) is 18.2 Å². The molecule has 2 N–H and O–H groups in total. The Kier molecular flexibility index (Phi) is 6.39. The largest absolute Gasteiger partial charge is 0.381 e. The number of piperidine rings is 1. The summed E-state index contributed by atoms with van der Waals surface area (Å²) in [5.41, 5.74) is 2.39. The quantitative estimate of drug-likeness (QED) is 0.453. The molecule has 28 heavy (non-hydrogen) atoms. The van der Waals surface area contributed by atoms with Gasteiger partial charge in [-0.05, 0) is 68.9 Å². The fourth-order valence-electron chi connectivity index (χ4n) is 3.14. The SMILES string of the molecule is CN1CCC(Nc2ccccc2NC(=O)C=Cc2ccc([N+](=O)[O-])cc2)CC1. The van der Waals surface area contributed by atoms with Crippen LogP contribution in [-0.2, 0) is 4.79 Å². The second-order valence-corrected chi connectivity index (χ2v) is 6.94. The Morgan fingerprint density at radius 3 is 2.39 bits per heavy atom. The molecule has 1 aliphatic rings. The van der Waals surface area contributed by atoms with Crippen LogP contribution in [0.3, 0.4) is 0 Å². The van der Waals surface area contributed by atoms with Crippen molar-refractivity contribution in [2.45, 2.75) is 18.9 Å². The van der Waals surface area contributed by atoms with E-state index < -0.39 is 4.92 Å². The summed E-state index contributed by atoms with van der Waals surface area (Å²) < 4.78 is 0. The number of carbonyl (C=O) groups is 1. The number of non-ortho nitro benzene ring substituents is 1. The van der Waals surface area contributed by atoms with Crippen molar-refractivity contribution in [2.24, 2.45) is 0 Å². The smallest absolute Gasteiger partial charge is 0.269 e. The van der Waals surface area contributed by atoms with Gasteiger partial charge >= 0.3 is 0 Å². The minimum Gasteiger partial charge on any atom is -0.381 e. The van der Waals surface area contributed by atoms with E-state index in [-0.39, 0.29) is 11.6 Å². The molecule has 0 unspecified atom stereocenters. The van der Waals surface area contributed by atoms with E-state index in [0.717, 1.165) is 42.9 Å². The third-order valence-corrected chi connectivity index (χ3v) is 4.79. The second-order valence-electron chi connectivity index (χ2n) is 6.94. The minimum absolute atomic E-state index is 0.0236. The van der Waals surface area contributed by atoms with Gasteiger partial charge in [0.2, 0.25) is 5.91 Å². The molecule has 0 bridgehead atoms. The van der Waals surface area contributed by atoms with Gasteiger partial charge < -0.3 is 15.5 Å². The van der Waals surface area contributed by atoms with Crippen LogP contribution in [-0.4, -0.2) is 41.9 Å². The Labute approximate surface area is 164 Å². The van der Waals surface area contributed by atoms with Crippen LogP contribution in [0.4, 0.5) is 17.1 Å². The Bertz CT molecular complexity index is 856. The zero-order valence-electron chi connectivity index (χ0n) is 15.8. The first-order valence-corrected chi connectivity index (χ1v) is 9.29. The highest BCUT2D eigenvalue weighted by molar-refractivity contribution is 6.03. The van der Waals surface area contributed by atoms with Crippen LogP contribution >= 0.6 is 0 Å². The third kappa shape index (κ3) is 5.40. The zero-order valence-corrected chi connectivity index (χ0v) is 15.8. The van der Waals surface area contributed by atoms with Gasteiger partial charge in [0.05, 0.1) is 16.3 Å². The molecule has 0 aliphatic carbocycles. The molecule has 0 spiro atoms. The maximum Gasteiger partial charge on any atom is 0.269 e. The zero-order chi connectivity index (χ0) is 19.9. The normalized spacial score (nSPS) is 15.5. The maximum atomic E-state index is 12.3. The summed E-state index contributed by atoms with van der Waals surface area (Å²) in [6.45, 7) is 2.12. The highest BCUT2D eigenvalue weighted by atomic mass is 16.6. The van der Waals surface area contributed by atoms with Gasteiger partial charge in [0, 0.05) is 24.3 Å². The van der Waals surface area contributed by atoms with Gasteiger partial charge in [-0.1, -0.05) is 12.1 Å². The maximum absolute atomic E-state index is 12.3. The van der Waals surface area contributed by atoms with Crippen LogP contribution in [0.15, 0.2) is 54.6 Å². The lowest BCUT2D eigenvalue weighted by Crippen LogP contribution is -2.36. The predicted octanol–water partition coefficient (Wildman–Crippen LogP) is 3.75. The van der Waals surface area contributed by atoms with Crippen molar-refractivity contribution in [3.05, 3.63) is 70.3 Å². The lowest BCUT2D eigenvalue weighted by atomic mass is 10.0. The van der Waals surface area contributed by atoms with Crippen molar-refractivity contribution in [1.29, 1.82) is 0 Å². The Morgan fingerprint density at radius 2 is 1.75 bits per heavy atom. The number of hydrogen-bond acceptors (Lipinski definition) is 5. The van der Waals surface area contributed by atoms with Gasteiger partial charge in [0.15, 0.2) is 0 Å². The second kappa shape index (κ2) is 9.14. The first-order valence-electron chi connectivity index (χ1n) is 9.29. The number of hydrogen-bond donors (Lipinski definition) is 2. The first-order chi connectivity index (χ1) is 13.5. The Morgan fingerprint density at radius 1 is 1.11 bits per heavy atom. The monoisotopic (exact) mass is 380 g/mol. The molecule has 1 heterocycles. The lowest BCUT2D eigenvalue weighted by Gasteiger charge is -2.30. The molecule has 2 aromatic carbocycles. The fraction of sp³-hybridized carbons (Fsp3) is 0.286. The molecule has 0 aromatic heterocycles. The number of para-hydroxylation sites is 2. The topological polar surface area (TPSA) is 87.5 Å². The summed E-state index contributed by atoms with van der Waals surface area (Å²) in [5, 5.41) is 17.1. The lowest BCUT2D eigenvalue weighted by molar-refractivity contribution is -0.384. The van der Waals surface area contributed by atoms with Gasteiger partial charge in [-0.2, -0.15) is 0 Å².